The summed E-state index contributed by atoms with van der Waals surface area (Å²) in [5, 5.41) is 2.89. The van der Waals surface area contributed by atoms with Gasteiger partial charge < -0.3 is 15.1 Å². The van der Waals surface area contributed by atoms with Crippen molar-refractivity contribution < 1.29 is 4.79 Å². The number of hydrogen-bond donors (Lipinski definition) is 1. The van der Waals surface area contributed by atoms with E-state index in [0.29, 0.717) is 0 Å². The maximum absolute atomic E-state index is 12.0. The van der Waals surface area contributed by atoms with Crippen LogP contribution in [0.1, 0.15) is 32.6 Å². The molecule has 1 N–H and O–H groups in total. The summed E-state index contributed by atoms with van der Waals surface area (Å²) in [5.74, 6) is 3.35. The van der Waals surface area contributed by atoms with E-state index in [0.717, 1.165) is 44.8 Å². The first-order valence-corrected chi connectivity index (χ1v) is 7.23. The first-order chi connectivity index (χ1) is 9.06. The normalized spacial score (nSPS) is 18.2. The van der Waals surface area contributed by atoms with Crippen molar-refractivity contribution in [1.82, 2.24) is 15.1 Å². The molecule has 2 amide bonds. The Labute approximate surface area is 117 Å². The number of urea groups is 1. The molecule has 0 aromatic carbocycles. The predicted octanol–water partition coefficient (Wildman–Crippen LogP) is 1.77. The standard InChI is InChI=1S/C15H27N3O/c1-5-14(6-2)16-15(19)18-11-8-13(9-12-18)7-10-17(3)4/h1,13-14H,6-12H2,2-4H3,(H,16,19)/t14-/m0/s1. The maximum Gasteiger partial charge on any atom is 0.318 e. The molecule has 1 fully saturated rings. The lowest BCUT2D eigenvalue weighted by Gasteiger charge is -2.33. The zero-order chi connectivity index (χ0) is 14.3. The average Bonchev–Trinajstić information content (AvgIpc) is 2.42. The molecule has 4 nitrogen and oxygen atoms in total. The number of carbonyl (C=O) groups excluding carboxylic acids is 1. The van der Waals surface area contributed by atoms with Crippen LogP contribution in [0.4, 0.5) is 4.79 Å². The van der Waals surface area contributed by atoms with Gasteiger partial charge in [-0.05, 0) is 52.2 Å². The summed E-state index contributed by atoms with van der Waals surface area (Å²) in [6.07, 6.45) is 9.58. The highest BCUT2D eigenvalue weighted by molar-refractivity contribution is 5.75. The summed E-state index contributed by atoms with van der Waals surface area (Å²) in [5.41, 5.74) is 0. The summed E-state index contributed by atoms with van der Waals surface area (Å²) in [4.78, 5) is 16.1. The molecule has 108 valence electrons. The molecule has 0 spiro atoms. The highest BCUT2D eigenvalue weighted by Crippen LogP contribution is 2.20. The molecule has 1 atom stereocenters. The number of amides is 2. The van der Waals surface area contributed by atoms with Crippen LogP contribution in [0.15, 0.2) is 0 Å². The third-order valence-electron chi connectivity index (χ3n) is 3.79. The minimum Gasteiger partial charge on any atom is -0.325 e. The molecule has 19 heavy (non-hydrogen) atoms. The van der Waals surface area contributed by atoms with E-state index in [1.54, 1.807) is 0 Å². The second kappa shape index (κ2) is 8.06. The lowest BCUT2D eigenvalue weighted by molar-refractivity contribution is 0.163. The van der Waals surface area contributed by atoms with Crippen LogP contribution in [-0.4, -0.2) is 55.6 Å². The summed E-state index contributed by atoms with van der Waals surface area (Å²) < 4.78 is 0. The van der Waals surface area contributed by atoms with Crippen LogP contribution >= 0.6 is 0 Å². The fourth-order valence-corrected chi connectivity index (χ4v) is 2.37. The lowest BCUT2D eigenvalue weighted by Crippen LogP contribution is -2.47. The molecule has 1 saturated heterocycles. The van der Waals surface area contributed by atoms with Crippen molar-refractivity contribution in [3.8, 4) is 12.3 Å². The van der Waals surface area contributed by atoms with E-state index in [1.807, 2.05) is 11.8 Å². The number of likely N-dealkylation sites (tertiary alicyclic amines) is 1. The number of nitrogens with one attached hydrogen (secondary N) is 1. The Bertz CT molecular complexity index is 314. The van der Waals surface area contributed by atoms with Gasteiger partial charge in [-0.25, -0.2) is 4.79 Å². The van der Waals surface area contributed by atoms with Crippen molar-refractivity contribution in [2.75, 3.05) is 33.7 Å². The topological polar surface area (TPSA) is 35.6 Å². The van der Waals surface area contributed by atoms with Crippen LogP contribution in [0, 0.1) is 18.3 Å². The van der Waals surface area contributed by atoms with Gasteiger partial charge in [0, 0.05) is 13.1 Å². The van der Waals surface area contributed by atoms with Crippen LogP contribution in [0.3, 0.4) is 0 Å². The first kappa shape index (κ1) is 15.8. The van der Waals surface area contributed by atoms with E-state index < -0.39 is 0 Å². The molecule has 0 aromatic heterocycles. The quantitative estimate of drug-likeness (QED) is 0.769. The Kier molecular flexibility index (Phi) is 6.72. The number of piperidine rings is 1. The number of nitrogens with zero attached hydrogens (tertiary/aromatic N) is 2. The molecule has 1 rings (SSSR count). The van der Waals surface area contributed by atoms with Gasteiger partial charge in [0.25, 0.3) is 0 Å². The van der Waals surface area contributed by atoms with Crippen molar-refractivity contribution in [1.29, 1.82) is 0 Å². The lowest BCUT2D eigenvalue weighted by atomic mass is 9.93. The third-order valence-corrected chi connectivity index (χ3v) is 3.79. The van der Waals surface area contributed by atoms with Crippen molar-refractivity contribution in [3.63, 3.8) is 0 Å². The van der Waals surface area contributed by atoms with Gasteiger partial charge in [0.1, 0.15) is 0 Å². The van der Waals surface area contributed by atoms with Crippen molar-refractivity contribution >= 4 is 6.03 Å². The fraction of sp³-hybridized carbons (Fsp3) is 0.800. The first-order valence-electron chi connectivity index (χ1n) is 7.23. The second-order valence-corrected chi connectivity index (χ2v) is 5.60. The number of rotatable bonds is 5. The van der Waals surface area contributed by atoms with E-state index in [2.05, 4.69) is 30.2 Å². The largest absolute Gasteiger partial charge is 0.325 e. The van der Waals surface area contributed by atoms with E-state index in [-0.39, 0.29) is 12.1 Å². The smallest absolute Gasteiger partial charge is 0.318 e. The van der Waals surface area contributed by atoms with Crippen molar-refractivity contribution in [2.24, 2.45) is 5.92 Å². The summed E-state index contributed by atoms with van der Waals surface area (Å²) >= 11 is 0. The highest BCUT2D eigenvalue weighted by Gasteiger charge is 2.23. The molecule has 0 radical (unpaired) electrons. The summed E-state index contributed by atoms with van der Waals surface area (Å²) in [6.45, 7) is 4.82. The fourth-order valence-electron chi connectivity index (χ4n) is 2.37. The van der Waals surface area contributed by atoms with Crippen LogP contribution in [-0.2, 0) is 0 Å². The molecule has 1 heterocycles. The average molecular weight is 265 g/mol. The number of carbonyl (C=O) groups is 1. The van der Waals surface area contributed by atoms with E-state index >= 15 is 0 Å². The van der Waals surface area contributed by atoms with E-state index in [4.69, 9.17) is 6.42 Å². The van der Waals surface area contributed by atoms with Crippen molar-refractivity contribution in [2.45, 2.75) is 38.6 Å². The van der Waals surface area contributed by atoms with Gasteiger partial charge in [0.05, 0.1) is 6.04 Å². The van der Waals surface area contributed by atoms with Gasteiger partial charge >= 0.3 is 6.03 Å². The molecular formula is C15H27N3O. The SMILES string of the molecule is C#C[C@@H](CC)NC(=O)N1CCC(CCN(C)C)CC1. The van der Waals surface area contributed by atoms with Crippen LogP contribution in [0.5, 0.6) is 0 Å². The van der Waals surface area contributed by atoms with Gasteiger partial charge in [-0.1, -0.05) is 12.8 Å². The van der Waals surface area contributed by atoms with E-state index in [9.17, 15) is 4.79 Å². The van der Waals surface area contributed by atoms with E-state index in [1.165, 1.54) is 6.42 Å². The molecule has 0 saturated carbocycles. The van der Waals surface area contributed by atoms with Gasteiger partial charge in [-0.3, -0.25) is 0 Å². The molecule has 0 aliphatic carbocycles. The van der Waals surface area contributed by atoms with Crippen LogP contribution in [0.25, 0.3) is 0 Å². The van der Waals surface area contributed by atoms with Gasteiger partial charge in [0.15, 0.2) is 0 Å². The molecule has 1 aliphatic rings. The Morgan fingerprint density at radius 1 is 1.47 bits per heavy atom. The zero-order valence-corrected chi connectivity index (χ0v) is 12.5. The van der Waals surface area contributed by atoms with Crippen LogP contribution < -0.4 is 5.32 Å². The maximum atomic E-state index is 12.0. The van der Waals surface area contributed by atoms with Crippen molar-refractivity contribution in [3.05, 3.63) is 0 Å². The van der Waals surface area contributed by atoms with Crippen LogP contribution in [0.2, 0.25) is 0 Å². The number of hydrogen-bond acceptors (Lipinski definition) is 2. The molecule has 0 unspecified atom stereocenters. The van der Waals surface area contributed by atoms with Gasteiger partial charge in [-0.2, -0.15) is 0 Å². The number of terminal acetylenes is 1. The van der Waals surface area contributed by atoms with Gasteiger partial charge in [0.2, 0.25) is 0 Å². The second-order valence-electron chi connectivity index (χ2n) is 5.60. The third kappa shape index (κ3) is 5.52. The molecular weight excluding hydrogens is 238 g/mol. The summed E-state index contributed by atoms with van der Waals surface area (Å²) in [7, 11) is 4.21. The monoisotopic (exact) mass is 265 g/mol. The minimum absolute atomic E-state index is 0.00383. The molecule has 0 bridgehead atoms. The Morgan fingerprint density at radius 2 is 2.11 bits per heavy atom. The van der Waals surface area contributed by atoms with Gasteiger partial charge in [-0.15, -0.1) is 6.42 Å². The molecule has 1 aliphatic heterocycles. The molecule has 4 heteroatoms. The highest BCUT2D eigenvalue weighted by atomic mass is 16.2. The Hall–Kier alpha value is -1.21. The Morgan fingerprint density at radius 3 is 2.58 bits per heavy atom. The minimum atomic E-state index is -0.140. The summed E-state index contributed by atoms with van der Waals surface area (Å²) in [6, 6.07) is -0.144. The zero-order valence-electron chi connectivity index (χ0n) is 12.5. The predicted molar refractivity (Wildman–Crippen MR) is 78.9 cm³/mol. The Balaban J connectivity index is 2.29. The molecule has 0 aromatic rings.